The van der Waals surface area contributed by atoms with Crippen LogP contribution in [0.4, 0.5) is 16.3 Å². The molecular weight excluding hydrogens is 448 g/mol. The van der Waals surface area contributed by atoms with Crippen molar-refractivity contribution in [2.45, 2.75) is 65.5 Å². The van der Waals surface area contributed by atoms with Crippen LogP contribution in [0.3, 0.4) is 0 Å². The summed E-state index contributed by atoms with van der Waals surface area (Å²) in [6.45, 7) is 11.5. The summed E-state index contributed by atoms with van der Waals surface area (Å²) in [6, 6.07) is 8.37. The van der Waals surface area contributed by atoms with Gasteiger partial charge < -0.3 is 20.1 Å². The molecule has 1 aliphatic rings. The predicted octanol–water partition coefficient (Wildman–Crippen LogP) is 4.56. The van der Waals surface area contributed by atoms with E-state index in [0.717, 1.165) is 12.0 Å². The number of nitrogens with one attached hydrogen (secondary N) is 2. The van der Waals surface area contributed by atoms with E-state index in [1.165, 1.54) is 6.20 Å². The van der Waals surface area contributed by atoms with Gasteiger partial charge in [0.15, 0.2) is 0 Å². The summed E-state index contributed by atoms with van der Waals surface area (Å²) in [6.07, 6.45) is 2.36. The minimum atomic E-state index is -0.766. The van der Waals surface area contributed by atoms with E-state index in [1.54, 1.807) is 62.9 Å². The standard InChI is InChI=1S/C26H34N4O5/c1-16-11-12-26(6,18-7-9-20(31)10-8-18)30(15-16)23(33)22(32)28-19-13-17(2)21(27-14-19)29-24(34)35-25(3,4)5/h7-10,13-14,16,31H,11-12,15H2,1-6H3,(H,28,32)(H,27,29,34)/t16-,26-/m0/s1. The zero-order valence-electron chi connectivity index (χ0n) is 21.1. The van der Waals surface area contributed by atoms with Crippen molar-refractivity contribution in [3.05, 3.63) is 47.7 Å². The van der Waals surface area contributed by atoms with E-state index in [0.29, 0.717) is 30.0 Å². The number of aromatic nitrogens is 1. The van der Waals surface area contributed by atoms with Crippen molar-refractivity contribution in [2.75, 3.05) is 17.2 Å². The lowest BCUT2D eigenvalue weighted by Crippen LogP contribution is -2.55. The maximum Gasteiger partial charge on any atom is 0.413 e. The molecule has 9 heteroatoms. The largest absolute Gasteiger partial charge is 0.508 e. The molecule has 1 aromatic carbocycles. The van der Waals surface area contributed by atoms with E-state index in [-0.39, 0.29) is 11.7 Å². The average Bonchev–Trinajstić information content (AvgIpc) is 2.76. The van der Waals surface area contributed by atoms with Crippen LogP contribution in [0.5, 0.6) is 5.75 Å². The Balaban J connectivity index is 1.75. The van der Waals surface area contributed by atoms with Gasteiger partial charge in [0, 0.05) is 6.54 Å². The number of phenolic OH excluding ortho intramolecular Hbond substituents is 1. The van der Waals surface area contributed by atoms with Crippen molar-refractivity contribution >= 4 is 29.4 Å². The summed E-state index contributed by atoms with van der Waals surface area (Å²) in [5.74, 6) is -0.712. The van der Waals surface area contributed by atoms with E-state index in [9.17, 15) is 19.5 Å². The number of likely N-dealkylation sites (tertiary alicyclic amines) is 1. The van der Waals surface area contributed by atoms with Crippen molar-refractivity contribution in [3.63, 3.8) is 0 Å². The fraction of sp³-hybridized carbons (Fsp3) is 0.462. The molecule has 3 amide bonds. The number of hydrogen-bond donors (Lipinski definition) is 3. The zero-order chi connectivity index (χ0) is 26.0. The normalized spacial score (nSPS) is 20.2. The number of pyridine rings is 1. The molecule has 2 aromatic rings. The second kappa shape index (κ2) is 9.93. The SMILES string of the molecule is Cc1cc(NC(=O)C(=O)N2C[C@@H](C)CC[C@@]2(C)c2ccc(O)cc2)cnc1NC(=O)OC(C)(C)C. The molecule has 1 fully saturated rings. The third-order valence-electron chi connectivity index (χ3n) is 6.10. The van der Waals surface area contributed by atoms with Crippen LogP contribution in [0.2, 0.25) is 0 Å². The summed E-state index contributed by atoms with van der Waals surface area (Å²) in [5.41, 5.74) is 0.476. The molecule has 2 atom stereocenters. The number of rotatable bonds is 3. The Bertz CT molecular complexity index is 1110. The fourth-order valence-corrected chi connectivity index (χ4v) is 4.18. The van der Waals surface area contributed by atoms with Crippen molar-refractivity contribution < 1.29 is 24.2 Å². The number of piperidine rings is 1. The number of carbonyl (C=O) groups is 3. The molecule has 0 spiro atoms. The van der Waals surface area contributed by atoms with Crippen LogP contribution in [0, 0.1) is 12.8 Å². The highest BCUT2D eigenvalue weighted by Crippen LogP contribution is 2.39. The number of anilines is 2. The summed E-state index contributed by atoms with van der Waals surface area (Å²) >= 11 is 0. The first-order valence-corrected chi connectivity index (χ1v) is 11.7. The molecular formula is C26H34N4O5. The van der Waals surface area contributed by atoms with Gasteiger partial charge in [0.05, 0.1) is 17.4 Å². The highest BCUT2D eigenvalue weighted by Gasteiger charge is 2.43. The molecule has 0 radical (unpaired) electrons. The zero-order valence-corrected chi connectivity index (χ0v) is 21.1. The Kier molecular flexibility index (Phi) is 7.38. The highest BCUT2D eigenvalue weighted by molar-refractivity contribution is 6.39. The van der Waals surface area contributed by atoms with Gasteiger partial charge in [-0.15, -0.1) is 0 Å². The first kappa shape index (κ1) is 26.0. The monoisotopic (exact) mass is 482 g/mol. The number of aromatic hydroxyl groups is 1. The summed E-state index contributed by atoms with van der Waals surface area (Å²) in [4.78, 5) is 44.1. The lowest BCUT2D eigenvalue weighted by molar-refractivity contribution is -0.150. The van der Waals surface area contributed by atoms with Crippen molar-refractivity contribution in [2.24, 2.45) is 5.92 Å². The molecule has 3 rings (SSSR count). The van der Waals surface area contributed by atoms with Gasteiger partial charge in [0.1, 0.15) is 17.2 Å². The van der Waals surface area contributed by atoms with Gasteiger partial charge in [-0.3, -0.25) is 14.9 Å². The topological polar surface area (TPSA) is 121 Å². The van der Waals surface area contributed by atoms with Crippen LogP contribution in [-0.2, 0) is 19.9 Å². The van der Waals surface area contributed by atoms with Crippen LogP contribution in [-0.4, -0.2) is 45.0 Å². The van der Waals surface area contributed by atoms with Crippen molar-refractivity contribution in [1.29, 1.82) is 0 Å². The summed E-state index contributed by atoms with van der Waals surface area (Å²) in [7, 11) is 0. The molecule has 0 unspecified atom stereocenters. The first-order chi connectivity index (χ1) is 16.3. The van der Waals surface area contributed by atoms with Gasteiger partial charge in [-0.05, 0) is 82.7 Å². The number of carbonyl (C=O) groups excluding carboxylic acids is 3. The van der Waals surface area contributed by atoms with Gasteiger partial charge in [0.2, 0.25) is 0 Å². The van der Waals surface area contributed by atoms with Gasteiger partial charge in [-0.1, -0.05) is 19.1 Å². The summed E-state index contributed by atoms with van der Waals surface area (Å²) < 4.78 is 5.24. The molecule has 0 saturated carbocycles. The van der Waals surface area contributed by atoms with Crippen LogP contribution < -0.4 is 10.6 Å². The van der Waals surface area contributed by atoms with Gasteiger partial charge in [-0.25, -0.2) is 9.78 Å². The van der Waals surface area contributed by atoms with Crippen LogP contribution in [0.15, 0.2) is 36.5 Å². The van der Waals surface area contributed by atoms with Crippen LogP contribution >= 0.6 is 0 Å². The second-order valence-electron chi connectivity index (χ2n) is 10.4. The van der Waals surface area contributed by atoms with Gasteiger partial charge in [-0.2, -0.15) is 0 Å². The molecule has 1 aromatic heterocycles. The maximum absolute atomic E-state index is 13.3. The Morgan fingerprint density at radius 3 is 2.43 bits per heavy atom. The number of ether oxygens (including phenoxy) is 1. The average molecular weight is 483 g/mol. The Morgan fingerprint density at radius 1 is 1.17 bits per heavy atom. The van der Waals surface area contributed by atoms with Gasteiger partial charge >= 0.3 is 17.9 Å². The molecule has 188 valence electrons. The third-order valence-corrected chi connectivity index (χ3v) is 6.10. The lowest BCUT2D eigenvalue weighted by atomic mass is 9.79. The maximum atomic E-state index is 13.3. The number of nitrogens with zero attached hydrogens (tertiary/aromatic N) is 2. The number of phenols is 1. The minimum Gasteiger partial charge on any atom is -0.508 e. The van der Waals surface area contributed by atoms with Crippen molar-refractivity contribution in [1.82, 2.24) is 9.88 Å². The molecule has 3 N–H and O–H groups in total. The lowest BCUT2D eigenvalue weighted by Gasteiger charge is -2.47. The van der Waals surface area contributed by atoms with Gasteiger partial charge in [0.25, 0.3) is 0 Å². The Morgan fingerprint density at radius 2 is 1.83 bits per heavy atom. The second-order valence-corrected chi connectivity index (χ2v) is 10.4. The molecule has 2 heterocycles. The first-order valence-electron chi connectivity index (χ1n) is 11.7. The van der Waals surface area contributed by atoms with Crippen molar-refractivity contribution in [3.8, 4) is 5.75 Å². The molecule has 0 aliphatic carbocycles. The van der Waals surface area contributed by atoms with E-state index in [1.807, 2.05) is 6.92 Å². The van der Waals surface area contributed by atoms with E-state index >= 15 is 0 Å². The molecule has 35 heavy (non-hydrogen) atoms. The smallest absolute Gasteiger partial charge is 0.413 e. The van der Waals surface area contributed by atoms with E-state index in [4.69, 9.17) is 4.74 Å². The molecule has 9 nitrogen and oxygen atoms in total. The third kappa shape index (κ3) is 6.29. The predicted molar refractivity (Wildman–Crippen MR) is 133 cm³/mol. The highest BCUT2D eigenvalue weighted by atomic mass is 16.6. The number of hydrogen-bond acceptors (Lipinski definition) is 6. The summed E-state index contributed by atoms with van der Waals surface area (Å²) in [5, 5.41) is 14.9. The minimum absolute atomic E-state index is 0.143. The van der Waals surface area contributed by atoms with E-state index in [2.05, 4.69) is 22.5 Å². The molecule has 0 bridgehead atoms. The molecule has 1 aliphatic heterocycles. The quantitative estimate of drug-likeness (QED) is 0.552. The van der Waals surface area contributed by atoms with Crippen LogP contribution in [0.25, 0.3) is 0 Å². The Labute approximate surface area is 205 Å². The number of benzene rings is 1. The van der Waals surface area contributed by atoms with E-state index < -0.39 is 29.0 Å². The fourth-order valence-electron chi connectivity index (χ4n) is 4.18. The number of amides is 3. The number of aryl methyl sites for hydroxylation is 1. The Hall–Kier alpha value is -3.62. The molecule has 1 saturated heterocycles. The van der Waals surface area contributed by atoms with Crippen LogP contribution in [0.1, 0.15) is 58.6 Å².